The molecule has 0 unspecified atom stereocenters. The number of carbonyl (C=O) groups is 1. The molecule has 1 amide bonds. The van der Waals surface area contributed by atoms with E-state index in [-0.39, 0.29) is 17.7 Å². The number of rotatable bonds is 5. The largest absolute Gasteiger partial charge is 0.353 e. The standard InChI is InChI=1S/C13H22Cl2N2O3S/c1-3-8-21(19,20)17-6-4-10(5-7-17)16-11(18)12(2)9-13(12,14)15/h10H,3-9H2,1-2H3,(H,16,18)/t12-/m1/s1. The van der Waals surface area contributed by atoms with Crippen molar-refractivity contribution in [3.8, 4) is 0 Å². The highest BCUT2D eigenvalue weighted by atomic mass is 35.5. The van der Waals surface area contributed by atoms with Crippen molar-refractivity contribution in [2.75, 3.05) is 18.8 Å². The van der Waals surface area contributed by atoms with Gasteiger partial charge in [0, 0.05) is 19.1 Å². The monoisotopic (exact) mass is 356 g/mol. The van der Waals surface area contributed by atoms with E-state index in [4.69, 9.17) is 23.2 Å². The molecule has 5 nitrogen and oxygen atoms in total. The highest BCUT2D eigenvalue weighted by Gasteiger charge is 2.68. The number of alkyl halides is 2. The number of hydrogen-bond donors (Lipinski definition) is 1. The van der Waals surface area contributed by atoms with Crippen molar-refractivity contribution >= 4 is 39.1 Å². The van der Waals surface area contributed by atoms with Gasteiger partial charge < -0.3 is 5.32 Å². The lowest BCUT2D eigenvalue weighted by atomic mass is 10.0. The molecule has 2 aliphatic rings. The van der Waals surface area contributed by atoms with Gasteiger partial charge in [-0.25, -0.2) is 12.7 Å². The number of piperidine rings is 1. The predicted molar refractivity (Wildman–Crippen MR) is 84.0 cm³/mol. The zero-order chi connectivity index (χ0) is 15.9. The van der Waals surface area contributed by atoms with Gasteiger partial charge in [-0.2, -0.15) is 0 Å². The van der Waals surface area contributed by atoms with Gasteiger partial charge in [-0.1, -0.05) is 6.92 Å². The summed E-state index contributed by atoms with van der Waals surface area (Å²) >= 11 is 12.0. The number of nitrogens with zero attached hydrogens (tertiary/aromatic N) is 1. The molecule has 8 heteroatoms. The van der Waals surface area contributed by atoms with E-state index in [0.29, 0.717) is 38.8 Å². The molecule has 0 aromatic rings. The van der Waals surface area contributed by atoms with E-state index >= 15 is 0 Å². The zero-order valence-electron chi connectivity index (χ0n) is 12.4. The first-order chi connectivity index (χ1) is 9.62. The number of amides is 1. The minimum absolute atomic E-state index is 0.00728. The van der Waals surface area contributed by atoms with E-state index in [9.17, 15) is 13.2 Å². The third-order valence-corrected chi connectivity index (χ3v) is 7.58. The fourth-order valence-corrected chi connectivity index (χ4v) is 4.90. The van der Waals surface area contributed by atoms with Crippen LogP contribution in [0, 0.1) is 5.41 Å². The van der Waals surface area contributed by atoms with Crippen molar-refractivity contribution in [3.63, 3.8) is 0 Å². The van der Waals surface area contributed by atoms with Gasteiger partial charge in [0.15, 0.2) is 0 Å². The molecule has 1 N–H and O–H groups in total. The predicted octanol–water partition coefficient (Wildman–Crippen LogP) is 1.89. The molecule has 0 spiro atoms. The molecule has 2 fully saturated rings. The van der Waals surface area contributed by atoms with Crippen LogP contribution in [-0.4, -0.2) is 47.8 Å². The Bertz CT molecular complexity index is 516. The number of halogens is 2. The van der Waals surface area contributed by atoms with Crippen LogP contribution >= 0.6 is 23.2 Å². The Morgan fingerprint density at radius 3 is 2.29 bits per heavy atom. The second kappa shape index (κ2) is 5.87. The van der Waals surface area contributed by atoms with Crippen LogP contribution in [0.3, 0.4) is 0 Å². The van der Waals surface area contributed by atoms with Crippen LogP contribution in [0.1, 0.15) is 39.5 Å². The van der Waals surface area contributed by atoms with Crippen molar-refractivity contribution in [2.45, 2.75) is 49.9 Å². The molecule has 0 bridgehead atoms. The molecule has 1 atom stereocenters. The molecule has 1 aliphatic heterocycles. The van der Waals surface area contributed by atoms with Crippen LogP contribution in [0.2, 0.25) is 0 Å². The quantitative estimate of drug-likeness (QED) is 0.764. The Hall–Kier alpha value is -0.0400. The molecule has 0 aromatic carbocycles. The van der Waals surface area contributed by atoms with Crippen LogP contribution in [0.15, 0.2) is 0 Å². The SMILES string of the molecule is CCCS(=O)(=O)N1CCC(NC(=O)[C@@]2(C)CC2(Cl)Cl)CC1. The third-order valence-electron chi connectivity index (χ3n) is 4.40. The highest BCUT2D eigenvalue weighted by Crippen LogP contribution is 2.63. The van der Waals surface area contributed by atoms with Crippen LogP contribution in [0.5, 0.6) is 0 Å². The number of hydrogen-bond acceptors (Lipinski definition) is 3. The first kappa shape index (κ1) is 17.3. The second-order valence-corrected chi connectivity index (χ2v) is 9.75. The minimum Gasteiger partial charge on any atom is -0.353 e. The van der Waals surface area contributed by atoms with E-state index < -0.39 is 19.8 Å². The molecule has 21 heavy (non-hydrogen) atoms. The van der Waals surface area contributed by atoms with Crippen LogP contribution in [0.4, 0.5) is 0 Å². The lowest BCUT2D eigenvalue weighted by molar-refractivity contribution is -0.126. The summed E-state index contributed by atoms with van der Waals surface area (Å²) < 4.78 is 24.5. The summed E-state index contributed by atoms with van der Waals surface area (Å²) in [5, 5.41) is 2.95. The van der Waals surface area contributed by atoms with Crippen molar-refractivity contribution < 1.29 is 13.2 Å². The zero-order valence-corrected chi connectivity index (χ0v) is 14.7. The molecule has 0 aromatic heterocycles. The van der Waals surface area contributed by atoms with Gasteiger partial charge in [0.25, 0.3) is 0 Å². The van der Waals surface area contributed by atoms with Gasteiger partial charge in [-0.3, -0.25) is 4.79 Å². The molecular formula is C13H22Cl2N2O3S. The van der Waals surface area contributed by atoms with E-state index in [1.165, 1.54) is 4.31 Å². The number of nitrogens with one attached hydrogen (secondary N) is 1. The lowest BCUT2D eigenvalue weighted by Crippen LogP contribution is -2.48. The molecule has 1 heterocycles. The maximum absolute atomic E-state index is 12.2. The van der Waals surface area contributed by atoms with Crippen molar-refractivity contribution in [3.05, 3.63) is 0 Å². The van der Waals surface area contributed by atoms with E-state index in [2.05, 4.69) is 5.32 Å². The van der Waals surface area contributed by atoms with Crippen molar-refractivity contribution in [1.82, 2.24) is 9.62 Å². The number of carbonyl (C=O) groups excluding carboxylic acids is 1. The topological polar surface area (TPSA) is 66.5 Å². The van der Waals surface area contributed by atoms with Crippen LogP contribution in [-0.2, 0) is 14.8 Å². The molecule has 1 saturated heterocycles. The van der Waals surface area contributed by atoms with Crippen molar-refractivity contribution in [1.29, 1.82) is 0 Å². The van der Waals surface area contributed by atoms with E-state index in [0.717, 1.165) is 0 Å². The summed E-state index contributed by atoms with van der Waals surface area (Å²) in [6.07, 6.45) is 2.33. The summed E-state index contributed by atoms with van der Waals surface area (Å²) in [5.74, 6) is 0.0469. The summed E-state index contributed by atoms with van der Waals surface area (Å²) in [7, 11) is -3.14. The van der Waals surface area contributed by atoms with Crippen molar-refractivity contribution in [2.24, 2.45) is 5.41 Å². The van der Waals surface area contributed by atoms with Gasteiger partial charge in [-0.15, -0.1) is 23.2 Å². The smallest absolute Gasteiger partial charge is 0.229 e. The third kappa shape index (κ3) is 3.49. The summed E-state index contributed by atoms with van der Waals surface area (Å²) in [5.41, 5.74) is -0.721. The molecule has 1 aliphatic carbocycles. The first-order valence-corrected chi connectivity index (χ1v) is 9.65. The maximum atomic E-state index is 12.2. The fourth-order valence-electron chi connectivity index (χ4n) is 2.66. The number of sulfonamides is 1. The minimum atomic E-state index is -3.14. The first-order valence-electron chi connectivity index (χ1n) is 7.29. The van der Waals surface area contributed by atoms with Gasteiger partial charge in [-0.05, 0) is 32.6 Å². The van der Waals surface area contributed by atoms with Gasteiger partial charge in [0.1, 0.15) is 4.33 Å². The Morgan fingerprint density at radius 2 is 1.86 bits per heavy atom. The average Bonchev–Trinajstić information content (AvgIpc) is 2.90. The second-order valence-electron chi connectivity index (χ2n) is 6.18. The molecule has 0 radical (unpaired) electrons. The Kier molecular flexibility index (Phi) is 4.84. The van der Waals surface area contributed by atoms with E-state index in [1.54, 1.807) is 6.92 Å². The molecule has 2 rings (SSSR count). The highest BCUT2D eigenvalue weighted by molar-refractivity contribution is 7.89. The fraction of sp³-hybridized carbons (Fsp3) is 0.923. The normalized spacial score (nSPS) is 30.1. The Morgan fingerprint density at radius 1 is 1.33 bits per heavy atom. The lowest BCUT2D eigenvalue weighted by Gasteiger charge is -2.32. The average molecular weight is 357 g/mol. The maximum Gasteiger partial charge on any atom is 0.229 e. The van der Waals surface area contributed by atoms with E-state index in [1.807, 2.05) is 6.92 Å². The van der Waals surface area contributed by atoms with Gasteiger partial charge >= 0.3 is 0 Å². The van der Waals surface area contributed by atoms with Crippen LogP contribution < -0.4 is 5.32 Å². The van der Waals surface area contributed by atoms with Gasteiger partial charge in [0.05, 0.1) is 11.2 Å². The van der Waals surface area contributed by atoms with Crippen LogP contribution in [0.25, 0.3) is 0 Å². The summed E-state index contributed by atoms with van der Waals surface area (Å²) in [6, 6.07) is -0.00728. The molecule has 122 valence electrons. The summed E-state index contributed by atoms with van der Waals surface area (Å²) in [4.78, 5) is 12.2. The molecule has 1 saturated carbocycles. The molecular weight excluding hydrogens is 335 g/mol. The summed E-state index contributed by atoms with van der Waals surface area (Å²) in [6.45, 7) is 4.52. The van der Waals surface area contributed by atoms with Gasteiger partial charge in [0.2, 0.25) is 15.9 Å². The Labute approximate surface area is 136 Å². The Balaban J connectivity index is 1.84.